The minimum absolute atomic E-state index is 0. The van der Waals surface area contributed by atoms with E-state index in [2.05, 4.69) is 27.7 Å². The average molecular weight is 191 g/mol. The van der Waals surface area contributed by atoms with E-state index in [9.17, 15) is 4.79 Å². The monoisotopic (exact) mass is 191 g/mol. The molecule has 1 aliphatic rings. The molecule has 0 bridgehead atoms. The number of carbonyl (C=O) groups is 1. The van der Waals surface area contributed by atoms with Gasteiger partial charge in [-0.05, 0) is 23.7 Å². The van der Waals surface area contributed by atoms with Gasteiger partial charge >= 0.3 is 18.9 Å². The molecular weight excluding hydrogens is 169 g/mol. The molecule has 78 valence electrons. The number of carbonyl (C=O) groups excluding carboxylic acids is 1. The zero-order valence-electron chi connectivity index (χ0n) is 9.18. The molecular formula is C11H22LiNO. The van der Waals surface area contributed by atoms with Crippen molar-refractivity contribution in [3.8, 4) is 0 Å². The summed E-state index contributed by atoms with van der Waals surface area (Å²) in [5, 5.41) is 0. The summed E-state index contributed by atoms with van der Waals surface area (Å²) in [6, 6.07) is 0. The first-order valence-corrected chi connectivity index (χ1v) is 5.07. The van der Waals surface area contributed by atoms with Crippen LogP contribution >= 0.6 is 0 Å². The van der Waals surface area contributed by atoms with Gasteiger partial charge in [0.1, 0.15) is 0 Å². The average Bonchev–Trinajstić information content (AvgIpc) is 1.79. The van der Waals surface area contributed by atoms with E-state index in [0.717, 1.165) is 12.8 Å². The van der Waals surface area contributed by atoms with Crippen LogP contribution in [0.5, 0.6) is 0 Å². The minimum atomic E-state index is -0.130. The topological polar surface area (TPSA) is 43.1 Å². The van der Waals surface area contributed by atoms with Gasteiger partial charge in [0.25, 0.3) is 0 Å². The standard InChI is InChI=1S/C11H21NO.Li.H/c1-10(2)6-5-7-11(3,4)8(10)9(12)13;;/h8H,5-7H2,1-4H3,(H2,12,13);;. The van der Waals surface area contributed by atoms with Crippen molar-refractivity contribution in [1.82, 2.24) is 0 Å². The summed E-state index contributed by atoms with van der Waals surface area (Å²) >= 11 is 0. The maximum absolute atomic E-state index is 11.4. The molecule has 0 aliphatic heterocycles. The van der Waals surface area contributed by atoms with Crippen molar-refractivity contribution in [1.29, 1.82) is 0 Å². The zero-order valence-corrected chi connectivity index (χ0v) is 9.18. The van der Waals surface area contributed by atoms with Crippen molar-refractivity contribution < 1.29 is 4.79 Å². The van der Waals surface area contributed by atoms with Crippen LogP contribution in [0.2, 0.25) is 0 Å². The fraction of sp³-hybridized carbons (Fsp3) is 0.909. The molecule has 1 amide bonds. The molecule has 0 aromatic rings. The molecule has 1 fully saturated rings. The SMILES string of the molecule is CC1(C)CCCC(C)(C)C1C(N)=O.[LiH]. The van der Waals surface area contributed by atoms with E-state index in [1.165, 1.54) is 6.42 Å². The molecule has 0 spiro atoms. The van der Waals surface area contributed by atoms with Gasteiger partial charge in [-0.2, -0.15) is 0 Å². The van der Waals surface area contributed by atoms with Gasteiger partial charge in [0.05, 0.1) is 0 Å². The van der Waals surface area contributed by atoms with Gasteiger partial charge in [0.2, 0.25) is 5.91 Å². The van der Waals surface area contributed by atoms with E-state index < -0.39 is 0 Å². The fourth-order valence-corrected chi connectivity index (χ4v) is 3.12. The van der Waals surface area contributed by atoms with Crippen molar-refractivity contribution in [2.24, 2.45) is 22.5 Å². The molecule has 2 N–H and O–H groups in total. The van der Waals surface area contributed by atoms with Crippen LogP contribution in [0.1, 0.15) is 47.0 Å². The predicted molar refractivity (Wildman–Crippen MR) is 61.2 cm³/mol. The molecule has 3 heteroatoms. The Balaban J connectivity index is 0.00000169. The van der Waals surface area contributed by atoms with Crippen LogP contribution in [0.15, 0.2) is 0 Å². The van der Waals surface area contributed by atoms with Gasteiger partial charge in [-0.25, -0.2) is 0 Å². The van der Waals surface area contributed by atoms with E-state index in [0.29, 0.717) is 0 Å². The van der Waals surface area contributed by atoms with Crippen molar-refractivity contribution >= 4 is 24.8 Å². The normalized spacial score (nSPS) is 25.1. The Bertz CT molecular complexity index is 207. The Labute approximate surface area is 99.2 Å². The number of amides is 1. The summed E-state index contributed by atoms with van der Waals surface area (Å²) in [6.45, 7) is 8.62. The van der Waals surface area contributed by atoms with Gasteiger partial charge < -0.3 is 5.73 Å². The van der Waals surface area contributed by atoms with Crippen LogP contribution in [-0.2, 0) is 4.79 Å². The summed E-state index contributed by atoms with van der Waals surface area (Å²) in [4.78, 5) is 11.4. The fourth-order valence-electron chi connectivity index (χ4n) is 3.12. The second kappa shape index (κ2) is 4.29. The van der Waals surface area contributed by atoms with Gasteiger partial charge in [-0.15, -0.1) is 0 Å². The number of rotatable bonds is 1. The third kappa shape index (κ3) is 2.55. The Morgan fingerprint density at radius 1 is 1.14 bits per heavy atom. The van der Waals surface area contributed by atoms with Crippen LogP contribution in [0.3, 0.4) is 0 Å². The third-order valence-electron chi connectivity index (χ3n) is 3.49. The molecule has 0 saturated heterocycles. The van der Waals surface area contributed by atoms with Crippen LogP contribution < -0.4 is 5.73 Å². The summed E-state index contributed by atoms with van der Waals surface area (Å²) in [5.74, 6) is -0.108. The Kier molecular flexibility index (Phi) is 4.31. The molecule has 14 heavy (non-hydrogen) atoms. The van der Waals surface area contributed by atoms with Crippen molar-refractivity contribution in [3.63, 3.8) is 0 Å². The summed E-state index contributed by atoms with van der Waals surface area (Å²) in [5.41, 5.74) is 5.63. The summed E-state index contributed by atoms with van der Waals surface area (Å²) in [6.07, 6.45) is 3.44. The van der Waals surface area contributed by atoms with E-state index in [4.69, 9.17) is 5.73 Å². The van der Waals surface area contributed by atoms with Gasteiger partial charge in [0, 0.05) is 5.92 Å². The second-order valence-corrected chi connectivity index (χ2v) is 5.67. The Morgan fingerprint density at radius 3 is 1.71 bits per heavy atom. The first-order chi connectivity index (χ1) is 5.77. The molecule has 1 aliphatic carbocycles. The van der Waals surface area contributed by atoms with Gasteiger partial charge in [-0.3, -0.25) is 4.79 Å². The van der Waals surface area contributed by atoms with E-state index in [1.807, 2.05) is 0 Å². The molecule has 1 rings (SSSR count). The van der Waals surface area contributed by atoms with Crippen LogP contribution in [0, 0.1) is 16.7 Å². The Hall–Kier alpha value is 0.0674. The van der Waals surface area contributed by atoms with Crippen LogP contribution in [-0.4, -0.2) is 24.8 Å². The quantitative estimate of drug-likeness (QED) is 0.629. The van der Waals surface area contributed by atoms with Crippen LogP contribution in [0.4, 0.5) is 0 Å². The van der Waals surface area contributed by atoms with Crippen molar-refractivity contribution in [2.45, 2.75) is 47.0 Å². The first-order valence-electron chi connectivity index (χ1n) is 5.07. The number of hydrogen-bond donors (Lipinski definition) is 1. The number of nitrogens with two attached hydrogens (primary N) is 1. The van der Waals surface area contributed by atoms with E-state index in [1.54, 1.807) is 0 Å². The summed E-state index contributed by atoms with van der Waals surface area (Å²) in [7, 11) is 0. The molecule has 0 aromatic heterocycles. The second-order valence-electron chi connectivity index (χ2n) is 5.67. The molecule has 0 radical (unpaired) electrons. The third-order valence-corrected chi connectivity index (χ3v) is 3.49. The molecule has 0 heterocycles. The molecule has 0 atom stereocenters. The maximum atomic E-state index is 11.4. The van der Waals surface area contributed by atoms with Crippen molar-refractivity contribution in [2.75, 3.05) is 0 Å². The molecule has 0 unspecified atom stereocenters. The first kappa shape index (κ1) is 14.1. The number of hydrogen-bond acceptors (Lipinski definition) is 1. The molecule has 1 saturated carbocycles. The number of primary amides is 1. The van der Waals surface area contributed by atoms with E-state index >= 15 is 0 Å². The zero-order chi connectivity index (χ0) is 10.3. The van der Waals surface area contributed by atoms with Gasteiger partial charge in [0.15, 0.2) is 0 Å². The van der Waals surface area contributed by atoms with Gasteiger partial charge in [-0.1, -0.05) is 34.1 Å². The predicted octanol–water partition coefficient (Wildman–Crippen LogP) is 1.68. The molecule has 2 nitrogen and oxygen atoms in total. The Morgan fingerprint density at radius 2 is 1.50 bits per heavy atom. The van der Waals surface area contributed by atoms with Crippen molar-refractivity contribution in [3.05, 3.63) is 0 Å². The van der Waals surface area contributed by atoms with Crippen LogP contribution in [0.25, 0.3) is 0 Å². The molecule has 0 aromatic carbocycles. The summed E-state index contributed by atoms with van der Waals surface area (Å²) < 4.78 is 0. The van der Waals surface area contributed by atoms with E-state index in [-0.39, 0.29) is 41.5 Å².